The van der Waals surface area contributed by atoms with Crippen molar-refractivity contribution in [1.29, 1.82) is 0 Å². The van der Waals surface area contributed by atoms with Gasteiger partial charge in [-0.1, -0.05) is 6.92 Å². The molecule has 0 saturated carbocycles. The van der Waals surface area contributed by atoms with Crippen LogP contribution in [-0.4, -0.2) is 54.8 Å². The fourth-order valence-electron chi connectivity index (χ4n) is 3.57. The van der Waals surface area contributed by atoms with Crippen LogP contribution in [0.25, 0.3) is 0 Å². The van der Waals surface area contributed by atoms with Gasteiger partial charge in [0, 0.05) is 49.5 Å². The van der Waals surface area contributed by atoms with Crippen LogP contribution in [0.3, 0.4) is 0 Å². The Kier molecular flexibility index (Phi) is 6.22. The number of hydrogen-bond acceptors (Lipinski definition) is 6. The van der Waals surface area contributed by atoms with Crippen LogP contribution in [0.2, 0.25) is 0 Å². The number of rotatable bonds is 4. The van der Waals surface area contributed by atoms with Crippen LogP contribution < -0.4 is 25.0 Å². The van der Waals surface area contributed by atoms with E-state index in [1.807, 2.05) is 36.1 Å². The van der Waals surface area contributed by atoms with Gasteiger partial charge in [0.15, 0.2) is 16.6 Å². The lowest BCUT2D eigenvalue weighted by Crippen LogP contribution is -2.48. The van der Waals surface area contributed by atoms with E-state index in [4.69, 9.17) is 21.7 Å². The fraction of sp³-hybridized carbons (Fsp3) is 0.318. The Hall–Kier alpha value is -3.33. The summed E-state index contributed by atoms with van der Waals surface area (Å²) in [5.41, 5.74) is 2.30. The first kappa shape index (κ1) is 20.9. The van der Waals surface area contributed by atoms with E-state index in [1.54, 1.807) is 18.2 Å². The predicted molar refractivity (Wildman–Crippen MR) is 122 cm³/mol. The van der Waals surface area contributed by atoms with Crippen LogP contribution >= 0.6 is 12.2 Å². The van der Waals surface area contributed by atoms with Gasteiger partial charge in [-0.15, -0.1) is 0 Å². The van der Waals surface area contributed by atoms with Crippen LogP contribution in [0.15, 0.2) is 42.5 Å². The van der Waals surface area contributed by atoms with Gasteiger partial charge in [0.05, 0.1) is 0 Å². The molecular weight excluding hydrogens is 416 g/mol. The first-order chi connectivity index (χ1) is 15.0. The fourth-order valence-corrected chi connectivity index (χ4v) is 3.78. The van der Waals surface area contributed by atoms with Crippen molar-refractivity contribution in [2.24, 2.45) is 0 Å². The molecule has 0 atom stereocenters. The zero-order chi connectivity index (χ0) is 21.8. The highest BCUT2D eigenvalue weighted by Gasteiger charge is 2.20. The topological polar surface area (TPSA) is 83.1 Å². The zero-order valence-electron chi connectivity index (χ0n) is 17.2. The number of piperazine rings is 1. The Morgan fingerprint density at radius 2 is 1.71 bits per heavy atom. The number of nitrogens with one attached hydrogen (secondary N) is 2. The van der Waals surface area contributed by atoms with Gasteiger partial charge in [-0.3, -0.25) is 14.9 Å². The van der Waals surface area contributed by atoms with Crippen molar-refractivity contribution in [2.45, 2.75) is 13.3 Å². The van der Waals surface area contributed by atoms with E-state index < -0.39 is 0 Å². The molecule has 2 aromatic carbocycles. The standard InChI is InChI=1S/C22H24N4O4S/c1-2-20(27)26-11-9-25(10-12-26)17-6-4-16(5-7-17)23-22(31)24-21(28)15-3-8-18-19(13-15)30-14-29-18/h3-8,13H,2,9-12,14H2,1H3,(H2,23,24,28,31). The number of amides is 2. The number of ether oxygens (including phenoxy) is 2. The quantitative estimate of drug-likeness (QED) is 0.707. The maximum atomic E-state index is 12.4. The van der Waals surface area contributed by atoms with E-state index in [0.29, 0.717) is 23.5 Å². The average molecular weight is 441 g/mol. The van der Waals surface area contributed by atoms with Gasteiger partial charge in [-0.25, -0.2) is 0 Å². The molecule has 2 heterocycles. The van der Waals surface area contributed by atoms with Crippen molar-refractivity contribution >= 4 is 40.5 Å². The Balaban J connectivity index is 1.29. The molecule has 2 aromatic rings. The Bertz CT molecular complexity index is 988. The highest BCUT2D eigenvalue weighted by molar-refractivity contribution is 7.80. The lowest BCUT2D eigenvalue weighted by Gasteiger charge is -2.36. The molecule has 0 aromatic heterocycles. The summed E-state index contributed by atoms with van der Waals surface area (Å²) in [4.78, 5) is 28.4. The van der Waals surface area contributed by atoms with Crippen LogP contribution in [0.1, 0.15) is 23.7 Å². The Labute approximate surface area is 186 Å². The highest BCUT2D eigenvalue weighted by Crippen LogP contribution is 2.32. The largest absolute Gasteiger partial charge is 0.454 e. The van der Waals surface area contributed by atoms with Crippen molar-refractivity contribution < 1.29 is 19.1 Å². The van der Waals surface area contributed by atoms with Gasteiger partial charge in [0.2, 0.25) is 12.7 Å². The molecule has 2 amide bonds. The van der Waals surface area contributed by atoms with Crippen molar-refractivity contribution in [3.05, 3.63) is 48.0 Å². The summed E-state index contributed by atoms with van der Waals surface area (Å²) in [6.45, 7) is 5.14. The minimum Gasteiger partial charge on any atom is -0.454 e. The number of anilines is 2. The third-order valence-corrected chi connectivity index (χ3v) is 5.49. The number of nitrogens with zero attached hydrogens (tertiary/aromatic N) is 2. The summed E-state index contributed by atoms with van der Waals surface area (Å²) in [5, 5.41) is 5.91. The lowest BCUT2D eigenvalue weighted by molar-refractivity contribution is -0.131. The maximum absolute atomic E-state index is 12.4. The number of fused-ring (bicyclic) bond motifs is 1. The first-order valence-corrected chi connectivity index (χ1v) is 10.6. The minimum atomic E-state index is -0.327. The highest BCUT2D eigenvalue weighted by atomic mass is 32.1. The summed E-state index contributed by atoms with van der Waals surface area (Å²) in [5.74, 6) is 1.04. The average Bonchev–Trinajstić information content (AvgIpc) is 3.27. The van der Waals surface area contributed by atoms with Crippen molar-refractivity contribution in [1.82, 2.24) is 10.2 Å². The molecule has 8 nitrogen and oxygen atoms in total. The summed E-state index contributed by atoms with van der Waals surface area (Å²) in [6, 6.07) is 12.8. The normalized spacial score (nSPS) is 14.9. The van der Waals surface area contributed by atoms with Crippen molar-refractivity contribution in [2.75, 3.05) is 43.2 Å². The lowest BCUT2D eigenvalue weighted by atomic mass is 10.2. The Morgan fingerprint density at radius 1 is 1.00 bits per heavy atom. The van der Waals surface area contributed by atoms with Crippen molar-refractivity contribution in [3.8, 4) is 11.5 Å². The van der Waals surface area contributed by atoms with Gasteiger partial charge in [-0.2, -0.15) is 0 Å². The molecular formula is C22H24N4O4S. The van der Waals surface area contributed by atoms with Crippen LogP contribution in [0.5, 0.6) is 11.5 Å². The number of carbonyl (C=O) groups is 2. The summed E-state index contributed by atoms with van der Waals surface area (Å²) < 4.78 is 10.6. The molecule has 2 aliphatic heterocycles. The minimum absolute atomic E-state index is 0.156. The summed E-state index contributed by atoms with van der Waals surface area (Å²) >= 11 is 5.27. The molecule has 0 radical (unpaired) electrons. The van der Waals surface area contributed by atoms with E-state index in [1.165, 1.54) is 0 Å². The SMILES string of the molecule is CCC(=O)N1CCN(c2ccc(NC(=S)NC(=O)c3ccc4c(c3)OCO4)cc2)CC1. The molecule has 1 saturated heterocycles. The smallest absolute Gasteiger partial charge is 0.257 e. The van der Waals surface area contributed by atoms with Crippen molar-refractivity contribution in [3.63, 3.8) is 0 Å². The molecule has 0 unspecified atom stereocenters. The monoisotopic (exact) mass is 440 g/mol. The molecule has 4 rings (SSSR count). The molecule has 31 heavy (non-hydrogen) atoms. The van der Waals surface area contributed by atoms with E-state index in [0.717, 1.165) is 37.6 Å². The van der Waals surface area contributed by atoms with Gasteiger partial charge in [0.25, 0.3) is 5.91 Å². The van der Waals surface area contributed by atoms with Crippen LogP contribution in [0.4, 0.5) is 11.4 Å². The molecule has 162 valence electrons. The second-order valence-electron chi connectivity index (χ2n) is 7.24. The number of hydrogen-bond donors (Lipinski definition) is 2. The molecule has 2 aliphatic rings. The maximum Gasteiger partial charge on any atom is 0.257 e. The summed E-state index contributed by atoms with van der Waals surface area (Å²) in [7, 11) is 0. The zero-order valence-corrected chi connectivity index (χ0v) is 18.0. The second-order valence-corrected chi connectivity index (χ2v) is 7.65. The number of thiocarbonyl (C=S) groups is 1. The van der Waals surface area contributed by atoms with Crippen LogP contribution in [0, 0.1) is 0 Å². The van der Waals surface area contributed by atoms with Crippen LogP contribution in [-0.2, 0) is 4.79 Å². The van der Waals surface area contributed by atoms with Gasteiger partial charge in [-0.05, 0) is 54.7 Å². The van der Waals surface area contributed by atoms with Gasteiger partial charge < -0.3 is 24.6 Å². The Morgan fingerprint density at radius 3 is 2.42 bits per heavy atom. The summed E-state index contributed by atoms with van der Waals surface area (Å²) in [6.07, 6.45) is 0.547. The van der Waals surface area contributed by atoms with E-state index >= 15 is 0 Å². The third kappa shape index (κ3) is 4.88. The van der Waals surface area contributed by atoms with E-state index in [2.05, 4.69) is 15.5 Å². The molecule has 1 fully saturated rings. The molecule has 2 N–H and O–H groups in total. The van der Waals surface area contributed by atoms with Gasteiger partial charge in [0.1, 0.15) is 0 Å². The number of carbonyl (C=O) groups excluding carboxylic acids is 2. The molecule has 0 aliphatic carbocycles. The van der Waals surface area contributed by atoms with E-state index in [9.17, 15) is 9.59 Å². The molecule has 0 spiro atoms. The number of benzene rings is 2. The predicted octanol–water partition coefficient (Wildman–Crippen LogP) is 2.60. The van der Waals surface area contributed by atoms with E-state index in [-0.39, 0.29) is 23.7 Å². The third-order valence-electron chi connectivity index (χ3n) is 5.29. The first-order valence-electron chi connectivity index (χ1n) is 10.2. The molecule has 0 bridgehead atoms. The second kappa shape index (κ2) is 9.22. The van der Waals surface area contributed by atoms with Gasteiger partial charge >= 0.3 is 0 Å². The molecule has 9 heteroatoms.